The molecule has 2 unspecified atom stereocenters. The van der Waals surface area contributed by atoms with Crippen molar-refractivity contribution in [3.05, 3.63) is 52.4 Å². The van der Waals surface area contributed by atoms with Gasteiger partial charge in [0.2, 0.25) is 5.82 Å². The standard InChI is InChI=1S/C26H31F6N5O4/c1-5-6-34-23(39)22-36-21(26(30,31)32)19-12-33-11-18(37(19)22)20(38)9-14(35-24(40)41-25(2,3)4)7-13-8-16(28)17(29)10-15(13)27/h8,10,14,18,33H,5-7,9,11-12H2,1-4H3,(H,34,39)(H,35,40). The maximum absolute atomic E-state index is 14.4. The molecule has 1 aromatic heterocycles. The summed E-state index contributed by atoms with van der Waals surface area (Å²) in [5.41, 5.74) is -3.06. The van der Waals surface area contributed by atoms with Crippen molar-refractivity contribution in [1.29, 1.82) is 0 Å². The summed E-state index contributed by atoms with van der Waals surface area (Å²) in [6.45, 7) is 6.10. The first-order valence-corrected chi connectivity index (χ1v) is 12.8. The summed E-state index contributed by atoms with van der Waals surface area (Å²) in [5, 5.41) is 7.58. The molecule has 9 nitrogen and oxygen atoms in total. The zero-order chi connectivity index (χ0) is 30.7. The number of halogens is 6. The Morgan fingerprint density at radius 3 is 2.39 bits per heavy atom. The van der Waals surface area contributed by atoms with Gasteiger partial charge in [0.1, 0.15) is 17.5 Å². The molecular weight excluding hydrogens is 560 g/mol. The van der Waals surface area contributed by atoms with Crippen molar-refractivity contribution in [2.45, 2.75) is 77.4 Å². The number of amides is 2. The van der Waals surface area contributed by atoms with Crippen molar-refractivity contribution in [3.8, 4) is 0 Å². The van der Waals surface area contributed by atoms with Gasteiger partial charge in [-0.25, -0.2) is 22.9 Å². The van der Waals surface area contributed by atoms with Crippen LogP contribution in [-0.2, 0) is 28.7 Å². The lowest BCUT2D eigenvalue weighted by Crippen LogP contribution is -2.45. The van der Waals surface area contributed by atoms with E-state index in [-0.39, 0.29) is 25.2 Å². The van der Waals surface area contributed by atoms with E-state index < -0.39 is 89.2 Å². The van der Waals surface area contributed by atoms with Gasteiger partial charge in [-0.1, -0.05) is 6.92 Å². The Balaban J connectivity index is 1.98. The SMILES string of the molecule is CCCNC(=O)c1nc(C(F)(F)F)c2n1C(C(=O)CC(Cc1cc(F)c(F)cc1F)NC(=O)OC(C)(C)C)CNC2. The zero-order valence-electron chi connectivity index (χ0n) is 22.8. The molecule has 41 heavy (non-hydrogen) atoms. The molecule has 1 aromatic carbocycles. The normalized spacial score (nSPS) is 16.1. The summed E-state index contributed by atoms with van der Waals surface area (Å²) in [6, 6.07) is -1.70. The minimum absolute atomic E-state index is 0.154. The number of benzene rings is 1. The number of ether oxygens (including phenoxy) is 1. The molecule has 2 heterocycles. The van der Waals surface area contributed by atoms with Crippen LogP contribution in [-0.4, -0.2) is 52.1 Å². The fourth-order valence-electron chi connectivity index (χ4n) is 4.36. The number of hydrogen-bond acceptors (Lipinski definition) is 6. The van der Waals surface area contributed by atoms with Crippen molar-refractivity contribution >= 4 is 17.8 Å². The van der Waals surface area contributed by atoms with Gasteiger partial charge in [0.15, 0.2) is 23.1 Å². The Morgan fingerprint density at radius 1 is 1.12 bits per heavy atom. The third-order valence-electron chi connectivity index (χ3n) is 6.05. The summed E-state index contributed by atoms with van der Waals surface area (Å²) in [6.07, 6.45) is -6.49. The Hall–Kier alpha value is -3.62. The first-order chi connectivity index (χ1) is 19.0. The molecule has 2 atom stereocenters. The minimum atomic E-state index is -4.92. The minimum Gasteiger partial charge on any atom is -0.444 e. The number of nitrogens with one attached hydrogen (secondary N) is 3. The van der Waals surface area contributed by atoms with Crippen molar-refractivity contribution in [2.75, 3.05) is 13.1 Å². The van der Waals surface area contributed by atoms with Gasteiger partial charge in [-0.15, -0.1) is 0 Å². The number of alkyl halides is 3. The number of aromatic nitrogens is 2. The van der Waals surface area contributed by atoms with E-state index >= 15 is 0 Å². The van der Waals surface area contributed by atoms with Crippen LogP contribution in [0.3, 0.4) is 0 Å². The van der Waals surface area contributed by atoms with Crippen LogP contribution in [0.15, 0.2) is 12.1 Å². The van der Waals surface area contributed by atoms with Gasteiger partial charge in [0.05, 0.1) is 5.69 Å². The van der Waals surface area contributed by atoms with E-state index in [2.05, 4.69) is 20.9 Å². The molecule has 2 amide bonds. The molecule has 0 aliphatic carbocycles. The van der Waals surface area contributed by atoms with E-state index in [0.717, 1.165) is 4.57 Å². The second-order valence-corrected chi connectivity index (χ2v) is 10.6. The van der Waals surface area contributed by atoms with E-state index in [0.29, 0.717) is 18.6 Å². The molecular formula is C26H31F6N5O4. The highest BCUT2D eigenvalue weighted by Gasteiger charge is 2.43. The molecule has 0 fully saturated rings. The third kappa shape index (κ3) is 7.99. The number of rotatable bonds is 9. The van der Waals surface area contributed by atoms with Gasteiger partial charge in [0, 0.05) is 38.2 Å². The van der Waals surface area contributed by atoms with Crippen molar-refractivity contribution in [2.24, 2.45) is 0 Å². The smallest absolute Gasteiger partial charge is 0.435 e. The maximum Gasteiger partial charge on any atom is 0.435 e. The number of Topliss-reactive ketones (excluding diaryl/α,β-unsaturated/α-hetero) is 1. The molecule has 226 valence electrons. The summed E-state index contributed by atoms with van der Waals surface area (Å²) in [4.78, 5) is 42.3. The molecule has 0 saturated heterocycles. The van der Waals surface area contributed by atoms with Crippen LogP contribution in [0.5, 0.6) is 0 Å². The molecule has 3 N–H and O–H groups in total. The quantitative estimate of drug-likeness (QED) is 0.298. The van der Waals surface area contributed by atoms with Crippen LogP contribution in [0, 0.1) is 17.5 Å². The first kappa shape index (κ1) is 31.9. The lowest BCUT2D eigenvalue weighted by Gasteiger charge is -2.29. The van der Waals surface area contributed by atoms with Crippen LogP contribution < -0.4 is 16.0 Å². The summed E-state index contributed by atoms with van der Waals surface area (Å²) in [5.74, 6) is -6.18. The molecule has 1 aliphatic rings. The Morgan fingerprint density at radius 2 is 1.78 bits per heavy atom. The first-order valence-electron chi connectivity index (χ1n) is 12.8. The van der Waals surface area contributed by atoms with E-state index in [1.807, 2.05) is 0 Å². The van der Waals surface area contributed by atoms with Gasteiger partial charge in [0.25, 0.3) is 5.91 Å². The fourth-order valence-corrected chi connectivity index (χ4v) is 4.36. The number of imidazole rings is 1. The van der Waals surface area contributed by atoms with E-state index in [4.69, 9.17) is 4.74 Å². The Kier molecular flexibility index (Phi) is 9.72. The van der Waals surface area contributed by atoms with Crippen LogP contribution in [0.1, 0.15) is 74.1 Å². The molecule has 3 rings (SSSR count). The highest BCUT2D eigenvalue weighted by Crippen LogP contribution is 2.35. The molecule has 0 bridgehead atoms. The lowest BCUT2D eigenvalue weighted by atomic mass is 9.96. The fraction of sp³-hybridized carbons (Fsp3) is 0.538. The zero-order valence-corrected chi connectivity index (χ0v) is 22.8. The van der Waals surface area contributed by atoms with Gasteiger partial charge >= 0.3 is 12.3 Å². The predicted molar refractivity (Wildman–Crippen MR) is 133 cm³/mol. The number of carbonyl (C=O) groups is 3. The molecule has 1 aliphatic heterocycles. The number of ketones is 1. The summed E-state index contributed by atoms with van der Waals surface area (Å²) >= 11 is 0. The molecule has 15 heteroatoms. The highest BCUT2D eigenvalue weighted by molar-refractivity contribution is 5.93. The van der Waals surface area contributed by atoms with Crippen LogP contribution in [0.4, 0.5) is 31.1 Å². The van der Waals surface area contributed by atoms with Crippen molar-refractivity contribution < 1.29 is 45.5 Å². The second-order valence-electron chi connectivity index (χ2n) is 10.6. The van der Waals surface area contributed by atoms with Gasteiger partial charge in [-0.3, -0.25) is 9.59 Å². The van der Waals surface area contributed by atoms with Gasteiger partial charge < -0.3 is 25.3 Å². The van der Waals surface area contributed by atoms with Crippen LogP contribution in [0.25, 0.3) is 0 Å². The number of alkyl carbamates (subject to hydrolysis) is 1. The highest BCUT2D eigenvalue weighted by atomic mass is 19.4. The Labute approximate surface area is 232 Å². The van der Waals surface area contributed by atoms with Crippen molar-refractivity contribution in [1.82, 2.24) is 25.5 Å². The van der Waals surface area contributed by atoms with Crippen LogP contribution >= 0.6 is 0 Å². The molecule has 0 radical (unpaired) electrons. The third-order valence-corrected chi connectivity index (χ3v) is 6.05. The molecule has 0 saturated carbocycles. The molecule has 0 spiro atoms. The molecule has 2 aromatic rings. The topological polar surface area (TPSA) is 114 Å². The predicted octanol–water partition coefficient (Wildman–Crippen LogP) is 4.20. The van der Waals surface area contributed by atoms with E-state index in [9.17, 15) is 40.7 Å². The average molecular weight is 592 g/mol. The summed E-state index contributed by atoms with van der Waals surface area (Å²) < 4.78 is 89.2. The number of carbonyl (C=O) groups excluding carboxylic acids is 3. The van der Waals surface area contributed by atoms with Gasteiger partial charge in [-0.05, 0) is 45.2 Å². The van der Waals surface area contributed by atoms with Gasteiger partial charge in [-0.2, -0.15) is 13.2 Å². The largest absolute Gasteiger partial charge is 0.444 e. The average Bonchev–Trinajstić information content (AvgIpc) is 3.25. The summed E-state index contributed by atoms with van der Waals surface area (Å²) in [7, 11) is 0. The monoisotopic (exact) mass is 591 g/mol. The van der Waals surface area contributed by atoms with E-state index in [1.165, 1.54) is 0 Å². The van der Waals surface area contributed by atoms with Crippen molar-refractivity contribution in [3.63, 3.8) is 0 Å². The second kappa shape index (κ2) is 12.5. The number of fused-ring (bicyclic) bond motifs is 1. The maximum atomic E-state index is 14.4. The lowest BCUT2D eigenvalue weighted by molar-refractivity contribution is -0.142. The number of hydrogen-bond donors (Lipinski definition) is 3. The van der Waals surface area contributed by atoms with Crippen LogP contribution in [0.2, 0.25) is 0 Å². The Bertz CT molecular complexity index is 1300. The number of nitrogens with zero attached hydrogens (tertiary/aromatic N) is 2. The van der Waals surface area contributed by atoms with E-state index in [1.54, 1.807) is 27.7 Å².